The molecule has 0 saturated carbocycles. The molecule has 0 bridgehead atoms. The van der Waals surface area contributed by atoms with Crippen molar-refractivity contribution < 1.29 is 9.59 Å². The molecule has 6 nitrogen and oxygen atoms in total. The number of urea groups is 1. The van der Waals surface area contributed by atoms with Crippen molar-refractivity contribution >= 4 is 11.9 Å². The third-order valence-electron chi connectivity index (χ3n) is 8.02. The highest BCUT2D eigenvalue weighted by atomic mass is 16.2. The van der Waals surface area contributed by atoms with Crippen molar-refractivity contribution in [1.29, 1.82) is 0 Å². The first-order valence-electron chi connectivity index (χ1n) is 13.1. The van der Waals surface area contributed by atoms with Gasteiger partial charge in [-0.1, -0.05) is 48.6 Å². The largest absolute Gasteiger partial charge is 0.325 e. The van der Waals surface area contributed by atoms with Crippen molar-refractivity contribution in [2.75, 3.05) is 26.2 Å². The predicted octanol–water partition coefficient (Wildman–Crippen LogP) is 4.23. The number of benzene rings is 1. The molecular weight excluding hydrogens is 436 g/mol. The predicted molar refractivity (Wildman–Crippen MR) is 137 cm³/mol. The van der Waals surface area contributed by atoms with Crippen molar-refractivity contribution in [3.8, 4) is 0 Å². The average Bonchev–Trinajstić information content (AvgIpc) is 3.14. The number of carbonyl (C=O) groups is 2. The van der Waals surface area contributed by atoms with Crippen LogP contribution in [0, 0.1) is 11.8 Å². The van der Waals surface area contributed by atoms with Crippen LogP contribution in [-0.4, -0.2) is 58.4 Å². The molecule has 0 radical (unpaired) electrons. The van der Waals surface area contributed by atoms with E-state index in [1.165, 1.54) is 24.2 Å². The van der Waals surface area contributed by atoms with Gasteiger partial charge in [-0.3, -0.25) is 14.7 Å². The summed E-state index contributed by atoms with van der Waals surface area (Å²) in [5.41, 5.74) is 1.10. The molecule has 1 aromatic heterocycles. The lowest BCUT2D eigenvalue weighted by Gasteiger charge is -2.42. The van der Waals surface area contributed by atoms with Gasteiger partial charge in [-0.25, -0.2) is 4.79 Å². The zero-order valence-corrected chi connectivity index (χ0v) is 20.4. The molecule has 1 aromatic carbocycles. The Hall–Kier alpha value is -2.99. The second-order valence-electron chi connectivity index (χ2n) is 10.3. The summed E-state index contributed by atoms with van der Waals surface area (Å²) in [6, 6.07) is 15.6. The number of piperidine rings is 1. The third-order valence-corrected chi connectivity index (χ3v) is 8.02. The van der Waals surface area contributed by atoms with E-state index in [4.69, 9.17) is 0 Å². The zero-order chi connectivity index (χ0) is 24.1. The highest BCUT2D eigenvalue weighted by Gasteiger charge is 2.55. The quantitative estimate of drug-likeness (QED) is 0.461. The van der Waals surface area contributed by atoms with Crippen LogP contribution in [0.1, 0.15) is 43.4 Å². The van der Waals surface area contributed by atoms with Gasteiger partial charge in [0.05, 0.1) is 0 Å². The summed E-state index contributed by atoms with van der Waals surface area (Å²) >= 11 is 0. The Morgan fingerprint density at radius 2 is 1.77 bits per heavy atom. The number of hydrogen-bond acceptors (Lipinski definition) is 4. The average molecular weight is 473 g/mol. The summed E-state index contributed by atoms with van der Waals surface area (Å²) in [6.07, 6.45) is 13.0. The molecule has 2 fully saturated rings. The maximum atomic E-state index is 14.0. The van der Waals surface area contributed by atoms with Crippen molar-refractivity contribution in [2.24, 2.45) is 11.8 Å². The normalized spacial score (nSPS) is 25.7. The molecule has 2 atom stereocenters. The molecule has 3 heterocycles. The molecule has 35 heavy (non-hydrogen) atoms. The Balaban J connectivity index is 1.31. The zero-order valence-electron chi connectivity index (χ0n) is 20.4. The number of carbonyl (C=O) groups excluding carboxylic acids is 2. The molecule has 1 aliphatic carbocycles. The van der Waals surface area contributed by atoms with Crippen LogP contribution in [0.4, 0.5) is 4.79 Å². The van der Waals surface area contributed by atoms with E-state index in [0.29, 0.717) is 19.4 Å². The van der Waals surface area contributed by atoms with Crippen LogP contribution < -0.4 is 5.32 Å². The molecule has 2 aliphatic heterocycles. The van der Waals surface area contributed by atoms with E-state index < -0.39 is 5.54 Å². The smallest absolute Gasteiger partial charge is 0.322 e. The lowest BCUT2D eigenvalue weighted by molar-refractivity contribution is -0.134. The molecule has 5 rings (SSSR count). The standard InChI is InChI=1S/C29H36N4O2/c34-27-29(21-23-9-3-1-4-10-23,31-28(35)33(27)20-16-26-13-7-8-17-30-26)25-14-18-32(19-15-25)22-24-11-5-2-6-12-24/h1-5,7-10,13,17,24-25H,6,11-12,14-16,18-22H2,(H,31,35)/t24-,29+/m1/s1. The molecule has 2 saturated heterocycles. The van der Waals surface area contributed by atoms with Crippen LogP contribution in [0.3, 0.4) is 0 Å². The fourth-order valence-electron chi connectivity index (χ4n) is 6.07. The number of amides is 3. The van der Waals surface area contributed by atoms with Gasteiger partial charge >= 0.3 is 6.03 Å². The first-order chi connectivity index (χ1) is 17.1. The van der Waals surface area contributed by atoms with E-state index in [0.717, 1.165) is 49.7 Å². The number of likely N-dealkylation sites (tertiary alicyclic amines) is 1. The maximum absolute atomic E-state index is 14.0. The Bertz CT molecular complexity index is 1030. The summed E-state index contributed by atoms with van der Waals surface area (Å²) in [5, 5.41) is 3.21. The van der Waals surface area contributed by atoms with E-state index in [9.17, 15) is 9.59 Å². The van der Waals surface area contributed by atoms with Gasteiger partial charge in [-0.15, -0.1) is 0 Å². The molecule has 0 spiro atoms. The van der Waals surface area contributed by atoms with Gasteiger partial charge in [-0.2, -0.15) is 0 Å². The van der Waals surface area contributed by atoms with Gasteiger partial charge in [-0.05, 0) is 74.7 Å². The topological polar surface area (TPSA) is 65.5 Å². The minimum atomic E-state index is -0.873. The first-order valence-corrected chi connectivity index (χ1v) is 13.1. The van der Waals surface area contributed by atoms with Crippen LogP contribution in [0.2, 0.25) is 0 Å². The molecule has 1 N–H and O–H groups in total. The van der Waals surface area contributed by atoms with E-state index in [2.05, 4.69) is 39.5 Å². The second-order valence-corrected chi connectivity index (χ2v) is 10.3. The first kappa shape index (κ1) is 23.7. The Labute approximate surface area is 208 Å². The van der Waals surface area contributed by atoms with E-state index in [-0.39, 0.29) is 17.9 Å². The molecule has 0 unspecified atom stereocenters. The van der Waals surface area contributed by atoms with E-state index in [1.807, 2.05) is 36.4 Å². The van der Waals surface area contributed by atoms with Crippen LogP contribution in [0.25, 0.3) is 0 Å². The molecule has 184 valence electrons. The summed E-state index contributed by atoms with van der Waals surface area (Å²) in [5.74, 6) is 0.796. The lowest BCUT2D eigenvalue weighted by atomic mass is 9.73. The number of allylic oxidation sites excluding steroid dienone is 2. The number of nitrogens with zero attached hydrogens (tertiary/aromatic N) is 3. The maximum Gasteiger partial charge on any atom is 0.325 e. The molecule has 3 aliphatic rings. The van der Waals surface area contributed by atoms with Gasteiger partial charge in [0.25, 0.3) is 5.91 Å². The van der Waals surface area contributed by atoms with Gasteiger partial charge in [0.2, 0.25) is 0 Å². The Morgan fingerprint density at radius 3 is 2.49 bits per heavy atom. The van der Waals surface area contributed by atoms with Crippen molar-refractivity contribution in [2.45, 2.75) is 50.5 Å². The highest BCUT2D eigenvalue weighted by Crippen LogP contribution is 2.37. The Kier molecular flexibility index (Phi) is 7.28. The number of aromatic nitrogens is 1. The molecule has 3 amide bonds. The molecule has 2 aromatic rings. The lowest BCUT2D eigenvalue weighted by Crippen LogP contribution is -2.57. The fourth-order valence-corrected chi connectivity index (χ4v) is 6.07. The van der Waals surface area contributed by atoms with Gasteiger partial charge in [0.15, 0.2) is 0 Å². The number of rotatable bonds is 8. The highest BCUT2D eigenvalue weighted by molar-refractivity contribution is 6.07. The van der Waals surface area contributed by atoms with E-state index in [1.54, 1.807) is 6.20 Å². The summed E-state index contributed by atoms with van der Waals surface area (Å²) in [7, 11) is 0. The summed E-state index contributed by atoms with van der Waals surface area (Å²) in [6.45, 7) is 3.46. The number of pyridine rings is 1. The minimum absolute atomic E-state index is 0.0712. The fraction of sp³-hybridized carbons (Fsp3) is 0.483. The van der Waals surface area contributed by atoms with Gasteiger partial charge in [0.1, 0.15) is 5.54 Å². The molecular formula is C29H36N4O2. The van der Waals surface area contributed by atoms with Crippen molar-refractivity contribution in [1.82, 2.24) is 20.1 Å². The number of nitrogens with one attached hydrogen (secondary N) is 1. The SMILES string of the molecule is O=C1N[C@@](Cc2ccccc2)(C2CCN(C[C@@H]3CC=CCC3)CC2)C(=O)N1CCc1ccccn1. The van der Waals surface area contributed by atoms with Gasteiger partial charge in [0, 0.05) is 37.8 Å². The third kappa shape index (κ3) is 5.32. The number of hydrogen-bond donors (Lipinski definition) is 1. The van der Waals surface area contributed by atoms with Crippen LogP contribution in [-0.2, 0) is 17.6 Å². The molecule has 6 heteroatoms. The minimum Gasteiger partial charge on any atom is -0.322 e. The van der Waals surface area contributed by atoms with Crippen molar-refractivity contribution in [3.63, 3.8) is 0 Å². The Morgan fingerprint density at radius 1 is 0.971 bits per heavy atom. The van der Waals surface area contributed by atoms with Gasteiger partial charge < -0.3 is 10.2 Å². The van der Waals surface area contributed by atoms with Crippen LogP contribution >= 0.6 is 0 Å². The van der Waals surface area contributed by atoms with Crippen LogP contribution in [0.5, 0.6) is 0 Å². The summed E-state index contributed by atoms with van der Waals surface area (Å²) < 4.78 is 0. The van der Waals surface area contributed by atoms with Crippen molar-refractivity contribution in [3.05, 3.63) is 78.1 Å². The van der Waals surface area contributed by atoms with E-state index >= 15 is 0 Å². The summed E-state index contributed by atoms with van der Waals surface area (Å²) in [4.78, 5) is 35.5. The number of imide groups is 1. The van der Waals surface area contributed by atoms with Crippen LogP contribution in [0.15, 0.2) is 66.9 Å². The second kappa shape index (κ2) is 10.7. The monoisotopic (exact) mass is 472 g/mol.